The second-order valence-corrected chi connectivity index (χ2v) is 9.33. The average molecular weight is 432 g/mol. The fraction of sp³-hybridized carbons (Fsp3) is 0.611. The number of nitrogens with zero attached hydrogens (tertiary/aromatic N) is 1. The van der Waals surface area contributed by atoms with Crippen molar-refractivity contribution in [2.24, 2.45) is 5.92 Å². The third kappa shape index (κ3) is 4.50. The van der Waals surface area contributed by atoms with E-state index in [0.717, 1.165) is 11.3 Å². The molecule has 160 valence electrons. The van der Waals surface area contributed by atoms with Crippen LogP contribution >= 0.6 is 11.3 Å². The monoisotopic (exact) mass is 432 g/mol. The van der Waals surface area contributed by atoms with Crippen LogP contribution in [-0.2, 0) is 22.4 Å². The van der Waals surface area contributed by atoms with Gasteiger partial charge < -0.3 is 15.2 Å². The van der Waals surface area contributed by atoms with E-state index in [-0.39, 0.29) is 22.0 Å². The molecule has 1 heterocycles. The molecule has 0 spiro atoms. The predicted octanol–water partition coefficient (Wildman–Crippen LogP) is 3.21. The molecule has 0 bridgehead atoms. The lowest BCUT2D eigenvalue weighted by atomic mass is 9.91. The number of aryl methyl sites for hydroxylation is 1. The second kappa shape index (κ2) is 7.21. The number of alkyl carbamates (subject to hydrolysis) is 1. The second-order valence-electron chi connectivity index (χ2n) is 8.24. The van der Waals surface area contributed by atoms with Crippen molar-refractivity contribution in [3.63, 3.8) is 0 Å². The number of halogens is 2. The number of anilines is 1. The Labute approximate surface area is 169 Å². The zero-order chi connectivity index (χ0) is 21.7. The number of hydrogen-bond acceptors (Lipinski definition) is 6. The highest BCUT2D eigenvalue weighted by Gasteiger charge is 2.62. The first-order valence-corrected chi connectivity index (χ1v) is 9.90. The molecule has 2 aliphatic rings. The van der Waals surface area contributed by atoms with Gasteiger partial charge in [0, 0.05) is 17.3 Å². The summed E-state index contributed by atoms with van der Waals surface area (Å²) in [4.78, 5) is 36.5. The first kappa shape index (κ1) is 21.4. The molecule has 2 amide bonds. The zero-order valence-corrected chi connectivity index (χ0v) is 16.9. The minimum atomic E-state index is -3.18. The zero-order valence-electron chi connectivity index (χ0n) is 16.1. The summed E-state index contributed by atoms with van der Waals surface area (Å²) >= 11 is 0.888. The Bertz CT molecular complexity index is 863. The Hall–Kier alpha value is -2.27. The van der Waals surface area contributed by atoms with E-state index in [9.17, 15) is 33.5 Å². The van der Waals surface area contributed by atoms with Gasteiger partial charge in [0.25, 0.3) is 11.8 Å². The summed E-state index contributed by atoms with van der Waals surface area (Å²) < 4.78 is 31.6. The van der Waals surface area contributed by atoms with Crippen LogP contribution in [0.25, 0.3) is 0 Å². The van der Waals surface area contributed by atoms with Crippen molar-refractivity contribution in [2.75, 3.05) is 5.06 Å². The number of carbonyl (C=O) groups excluding carboxylic acids is 2. The predicted molar refractivity (Wildman–Crippen MR) is 98.8 cm³/mol. The molecule has 1 saturated carbocycles. The van der Waals surface area contributed by atoms with Crippen molar-refractivity contribution in [1.82, 2.24) is 5.32 Å². The Balaban J connectivity index is 1.80. The Morgan fingerprint density at radius 2 is 1.93 bits per heavy atom. The third-order valence-corrected chi connectivity index (χ3v) is 5.97. The number of rotatable bonds is 4. The number of nitrogens with one attached hydrogen (secondary N) is 1. The number of carboxylic acid groups (broad SMARTS) is 1. The van der Waals surface area contributed by atoms with E-state index in [0.29, 0.717) is 23.3 Å². The Morgan fingerprint density at radius 3 is 2.45 bits per heavy atom. The van der Waals surface area contributed by atoms with Crippen LogP contribution in [-0.4, -0.2) is 45.8 Å². The van der Waals surface area contributed by atoms with E-state index in [4.69, 9.17) is 4.74 Å². The molecule has 2 atom stereocenters. The molecule has 3 rings (SSSR count). The number of alkyl halides is 2. The third-order valence-electron chi connectivity index (χ3n) is 4.70. The SMILES string of the molecule is CC(C)(C)OC(=O)N[C@H]1CCc2sc(N(O)C(=O)C3CC3(F)F)c(C(=O)O)c2C1. The molecule has 8 nitrogen and oxygen atoms in total. The summed E-state index contributed by atoms with van der Waals surface area (Å²) in [6.45, 7) is 5.15. The standard InChI is InChI=1S/C18H22F2N2O6S/c1-17(2,3)28-16(26)21-8-4-5-11-9(6-8)12(15(24)25)14(29-11)22(27)13(23)10-7-18(10,19)20/h8,10,27H,4-7H2,1-3H3,(H,21,26)(H,24,25)/t8-,10?/m0/s1. The van der Waals surface area contributed by atoms with Crippen molar-refractivity contribution >= 4 is 34.3 Å². The number of ether oxygens (including phenoxy) is 1. The van der Waals surface area contributed by atoms with E-state index < -0.39 is 47.9 Å². The number of hydroxylamine groups is 1. The van der Waals surface area contributed by atoms with E-state index in [1.165, 1.54) is 0 Å². The van der Waals surface area contributed by atoms with E-state index in [1.807, 2.05) is 0 Å². The van der Waals surface area contributed by atoms with Gasteiger partial charge in [-0.1, -0.05) is 0 Å². The topological polar surface area (TPSA) is 116 Å². The summed E-state index contributed by atoms with van der Waals surface area (Å²) in [5, 5.41) is 22.2. The molecule has 3 N–H and O–H groups in total. The van der Waals surface area contributed by atoms with E-state index in [2.05, 4.69) is 5.32 Å². The van der Waals surface area contributed by atoms with Gasteiger partial charge in [0.1, 0.15) is 22.1 Å². The van der Waals surface area contributed by atoms with Crippen LogP contribution in [0.2, 0.25) is 0 Å². The number of hydrogen-bond donors (Lipinski definition) is 3. The van der Waals surface area contributed by atoms with Crippen molar-refractivity contribution < 1.29 is 38.2 Å². The van der Waals surface area contributed by atoms with Crippen LogP contribution < -0.4 is 10.4 Å². The van der Waals surface area contributed by atoms with Gasteiger partial charge in [0.15, 0.2) is 0 Å². The lowest BCUT2D eigenvalue weighted by Gasteiger charge is -2.26. The van der Waals surface area contributed by atoms with Crippen LogP contribution in [0.1, 0.15) is 54.4 Å². The van der Waals surface area contributed by atoms with Crippen LogP contribution in [0.5, 0.6) is 0 Å². The van der Waals surface area contributed by atoms with Crippen LogP contribution in [0.4, 0.5) is 18.6 Å². The van der Waals surface area contributed by atoms with Crippen LogP contribution in [0.3, 0.4) is 0 Å². The molecule has 1 unspecified atom stereocenters. The highest BCUT2D eigenvalue weighted by atomic mass is 32.1. The molecular formula is C18H22F2N2O6S. The van der Waals surface area contributed by atoms with Gasteiger partial charge in [-0.3, -0.25) is 10.0 Å². The maximum atomic E-state index is 13.2. The molecule has 0 aliphatic heterocycles. The minimum Gasteiger partial charge on any atom is -0.478 e. The number of aromatic carboxylic acids is 1. The van der Waals surface area contributed by atoms with Gasteiger partial charge in [0.2, 0.25) is 0 Å². The summed E-state index contributed by atoms with van der Waals surface area (Å²) in [7, 11) is 0. The maximum Gasteiger partial charge on any atom is 0.407 e. The lowest BCUT2D eigenvalue weighted by molar-refractivity contribution is -0.126. The van der Waals surface area contributed by atoms with Gasteiger partial charge in [-0.05, 0) is 45.6 Å². The van der Waals surface area contributed by atoms with Crippen molar-refractivity contribution in [3.05, 3.63) is 16.0 Å². The average Bonchev–Trinajstić information content (AvgIpc) is 3.04. The molecule has 0 saturated heterocycles. The largest absolute Gasteiger partial charge is 0.478 e. The first-order valence-electron chi connectivity index (χ1n) is 9.08. The van der Waals surface area contributed by atoms with E-state index in [1.54, 1.807) is 20.8 Å². The molecular weight excluding hydrogens is 410 g/mol. The van der Waals surface area contributed by atoms with Gasteiger partial charge in [0.05, 0.1) is 0 Å². The molecule has 11 heteroatoms. The van der Waals surface area contributed by atoms with Gasteiger partial charge >= 0.3 is 12.1 Å². The minimum absolute atomic E-state index is 0.0360. The number of amides is 2. The highest BCUT2D eigenvalue weighted by Crippen LogP contribution is 2.50. The molecule has 1 fully saturated rings. The smallest absolute Gasteiger partial charge is 0.407 e. The summed E-state index contributed by atoms with van der Waals surface area (Å²) in [5.74, 6) is -7.43. The molecule has 1 aromatic heterocycles. The van der Waals surface area contributed by atoms with Gasteiger partial charge in [-0.15, -0.1) is 11.3 Å². The van der Waals surface area contributed by atoms with Crippen LogP contribution in [0, 0.1) is 5.92 Å². The normalized spacial score (nSPS) is 22.4. The van der Waals surface area contributed by atoms with Gasteiger partial charge in [-0.2, -0.15) is 5.06 Å². The number of carbonyl (C=O) groups is 3. The molecule has 29 heavy (non-hydrogen) atoms. The van der Waals surface area contributed by atoms with Crippen LogP contribution in [0.15, 0.2) is 0 Å². The van der Waals surface area contributed by atoms with Crippen molar-refractivity contribution in [2.45, 2.75) is 64.0 Å². The molecule has 0 aromatic carbocycles. The lowest BCUT2D eigenvalue weighted by Crippen LogP contribution is -2.41. The van der Waals surface area contributed by atoms with Crippen molar-refractivity contribution in [3.8, 4) is 0 Å². The Kier molecular flexibility index (Phi) is 5.33. The molecule has 2 aliphatic carbocycles. The summed E-state index contributed by atoms with van der Waals surface area (Å²) in [5.41, 5.74) is -0.617. The summed E-state index contributed by atoms with van der Waals surface area (Å²) in [6, 6.07) is -0.395. The van der Waals surface area contributed by atoms with Crippen molar-refractivity contribution in [1.29, 1.82) is 0 Å². The highest BCUT2D eigenvalue weighted by molar-refractivity contribution is 7.17. The van der Waals surface area contributed by atoms with E-state index >= 15 is 0 Å². The number of fused-ring (bicyclic) bond motifs is 1. The maximum absolute atomic E-state index is 13.2. The molecule has 1 aromatic rings. The number of carboxylic acids is 1. The first-order chi connectivity index (χ1) is 13.3. The Morgan fingerprint density at radius 1 is 1.31 bits per heavy atom. The fourth-order valence-corrected chi connectivity index (χ4v) is 4.52. The fourth-order valence-electron chi connectivity index (χ4n) is 3.27. The summed E-state index contributed by atoms with van der Waals surface area (Å²) in [6.07, 6.45) is -0.228. The quantitative estimate of drug-likeness (QED) is 0.497. The molecule has 0 radical (unpaired) electrons. The number of thiophene rings is 1. The van der Waals surface area contributed by atoms with Gasteiger partial charge in [-0.25, -0.2) is 18.4 Å².